The number of methoxy groups -OCH3 is 1. The van der Waals surface area contributed by atoms with Crippen LogP contribution in [0, 0.1) is 0 Å². The van der Waals surface area contributed by atoms with E-state index in [2.05, 4.69) is 10.1 Å². The van der Waals surface area contributed by atoms with Gasteiger partial charge in [0.2, 0.25) is 5.91 Å². The van der Waals surface area contributed by atoms with Crippen molar-refractivity contribution in [2.24, 2.45) is 0 Å². The molecule has 1 N–H and O–H groups in total. The van der Waals surface area contributed by atoms with Gasteiger partial charge in [-0.15, -0.1) is 0 Å². The van der Waals surface area contributed by atoms with Gasteiger partial charge < -0.3 is 10.1 Å². The Hall–Kier alpha value is -2.05. The third-order valence-corrected chi connectivity index (χ3v) is 3.15. The van der Waals surface area contributed by atoms with E-state index in [-0.39, 0.29) is 12.8 Å². The van der Waals surface area contributed by atoms with Gasteiger partial charge in [-0.25, -0.2) is 0 Å². The first-order valence-electron chi connectivity index (χ1n) is 6.62. The number of esters is 1. The van der Waals surface area contributed by atoms with Crippen LogP contribution in [0.15, 0.2) is 24.3 Å². The maximum Gasteiger partial charge on any atom is 0.416 e. The Labute approximate surface area is 126 Å². The topological polar surface area (TPSA) is 55.4 Å². The molecule has 1 amide bonds. The molecule has 22 heavy (non-hydrogen) atoms. The minimum atomic E-state index is -4.44. The summed E-state index contributed by atoms with van der Waals surface area (Å²) in [6.45, 7) is 3.19. The third kappa shape index (κ3) is 5.05. The molecule has 1 aromatic rings. The fourth-order valence-corrected chi connectivity index (χ4v) is 1.89. The first-order chi connectivity index (χ1) is 10.1. The first kappa shape index (κ1) is 18.0. The van der Waals surface area contributed by atoms with Crippen molar-refractivity contribution in [3.05, 3.63) is 35.4 Å². The molecular weight excluding hydrogens is 299 g/mol. The lowest BCUT2D eigenvalue weighted by Gasteiger charge is -2.27. The average molecular weight is 317 g/mol. The zero-order valence-electron chi connectivity index (χ0n) is 12.6. The minimum absolute atomic E-state index is 0.0823. The summed E-state index contributed by atoms with van der Waals surface area (Å²) in [5, 5.41) is 2.62. The molecule has 0 atom stereocenters. The van der Waals surface area contributed by atoms with Crippen LogP contribution in [0.4, 0.5) is 13.2 Å². The predicted molar refractivity (Wildman–Crippen MR) is 73.9 cm³/mol. The molecule has 7 heteroatoms. The first-order valence-corrected chi connectivity index (χ1v) is 6.62. The second kappa shape index (κ2) is 6.81. The van der Waals surface area contributed by atoms with Crippen molar-refractivity contribution in [3.8, 4) is 0 Å². The second-order valence-electron chi connectivity index (χ2n) is 5.33. The van der Waals surface area contributed by atoms with E-state index in [9.17, 15) is 22.8 Å². The predicted octanol–water partition coefficient (Wildman–Crippen LogP) is 3.01. The Morgan fingerprint density at radius 3 is 2.27 bits per heavy atom. The van der Waals surface area contributed by atoms with Crippen molar-refractivity contribution < 1.29 is 27.5 Å². The van der Waals surface area contributed by atoms with Crippen molar-refractivity contribution >= 4 is 11.9 Å². The Morgan fingerprint density at radius 2 is 1.73 bits per heavy atom. The van der Waals surface area contributed by atoms with Crippen LogP contribution >= 0.6 is 0 Å². The van der Waals surface area contributed by atoms with Gasteiger partial charge in [0.05, 0.1) is 24.6 Å². The number of carbonyl (C=O) groups excluding carboxylic acids is 2. The molecule has 122 valence electrons. The van der Waals surface area contributed by atoms with Gasteiger partial charge in [0.15, 0.2) is 0 Å². The number of halogens is 3. The molecule has 4 nitrogen and oxygen atoms in total. The van der Waals surface area contributed by atoms with Gasteiger partial charge in [0.25, 0.3) is 0 Å². The van der Waals surface area contributed by atoms with Crippen molar-refractivity contribution in [3.63, 3.8) is 0 Å². The smallest absolute Gasteiger partial charge is 0.416 e. The molecule has 1 rings (SSSR count). The Morgan fingerprint density at radius 1 is 1.14 bits per heavy atom. The minimum Gasteiger partial charge on any atom is -0.469 e. The fourth-order valence-electron chi connectivity index (χ4n) is 1.89. The highest BCUT2D eigenvalue weighted by molar-refractivity contribution is 5.81. The highest BCUT2D eigenvalue weighted by atomic mass is 19.4. The average Bonchev–Trinajstić information content (AvgIpc) is 2.43. The van der Waals surface area contributed by atoms with E-state index in [1.165, 1.54) is 19.2 Å². The van der Waals surface area contributed by atoms with Gasteiger partial charge in [0, 0.05) is 6.42 Å². The molecule has 0 unspecified atom stereocenters. The number of rotatable bonds is 5. The molecule has 0 aliphatic carbocycles. The molecule has 0 aliphatic rings. The molecule has 0 saturated heterocycles. The molecule has 0 radical (unpaired) electrons. The number of ether oxygens (including phenoxy) is 1. The maximum absolute atomic E-state index is 12.7. The molecule has 0 aliphatic heterocycles. The van der Waals surface area contributed by atoms with E-state index >= 15 is 0 Å². The van der Waals surface area contributed by atoms with Gasteiger partial charge in [0.1, 0.15) is 0 Å². The molecule has 0 heterocycles. The van der Waals surface area contributed by atoms with Crippen LogP contribution in [-0.4, -0.2) is 19.0 Å². The van der Waals surface area contributed by atoms with Crippen LogP contribution in [0.1, 0.15) is 37.8 Å². The van der Waals surface area contributed by atoms with Crippen LogP contribution in [0.3, 0.4) is 0 Å². The quantitative estimate of drug-likeness (QED) is 0.849. The normalized spacial score (nSPS) is 11.9. The molecule has 0 bridgehead atoms. The molecule has 1 aromatic carbocycles. The Kier molecular flexibility index (Phi) is 5.57. The zero-order valence-corrected chi connectivity index (χ0v) is 12.6. The largest absolute Gasteiger partial charge is 0.469 e. The van der Waals surface area contributed by atoms with Crippen molar-refractivity contribution in [1.82, 2.24) is 5.32 Å². The van der Waals surface area contributed by atoms with E-state index in [0.29, 0.717) is 5.56 Å². The van der Waals surface area contributed by atoms with E-state index in [1.54, 1.807) is 13.8 Å². The summed E-state index contributed by atoms with van der Waals surface area (Å²) in [6, 6.07) is 4.77. The van der Waals surface area contributed by atoms with Crippen molar-refractivity contribution in [2.45, 2.75) is 38.4 Å². The number of carbonyl (C=O) groups is 2. The zero-order chi connectivity index (χ0) is 17.0. The summed E-state index contributed by atoms with van der Waals surface area (Å²) in [5.74, 6) is -0.958. The van der Waals surface area contributed by atoms with E-state index < -0.39 is 29.2 Å². The number of amides is 1. The number of hydrogen-bond donors (Lipinski definition) is 1. The highest BCUT2D eigenvalue weighted by Gasteiger charge is 2.32. The summed E-state index contributed by atoms with van der Waals surface area (Å²) < 4.78 is 42.6. The summed E-state index contributed by atoms with van der Waals surface area (Å²) in [6.07, 6.45) is -4.61. The molecule has 0 aromatic heterocycles. The number of nitrogens with one attached hydrogen (secondary N) is 1. The molecule has 0 saturated carbocycles. The molecule has 0 spiro atoms. The molecule has 0 fully saturated rings. The lowest BCUT2D eigenvalue weighted by molar-refractivity contribution is -0.142. The third-order valence-electron chi connectivity index (χ3n) is 3.15. The lowest BCUT2D eigenvalue weighted by atomic mass is 9.92. The van der Waals surface area contributed by atoms with Crippen LogP contribution in [0.25, 0.3) is 0 Å². The summed E-state index contributed by atoms with van der Waals surface area (Å²) in [5.41, 5.74) is -1.44. The van der Waals surface area contributed by atoms with Gasteiger partial charge in [-0.2, -0.15) is 13.2 Å². The van der Waals surface area contributed by atoms with Gasteiger partial charge >= 0.3 is 12.1 Å². The van der Waals surface area contributed by atoms with Crippen LogP contribution in [-0.2, 0) is 26.0 Å². The number of benzene rings is 1. The summed E-state index contributed by atoms with van der Waals surface area (Å²) in [4.78, 5) is 22.8. The molecular formula is C15H18F3NO3. The summed E-state index contributed by atoms with van der Waals surface area (Å²) in [7, 11) is 1.22. The van der Waals surface area contributed by atoms with E-state index in [0.717, 1.165) is 12.1 Å². The monoisotopic (exact) mass is 317 g/mol. The fraction of sp³-hybridized carbons (Fsp3) is 0.467. The van der Waals surface area contributed by atoms with Crippen LogP contribution < -0.4 is 5.32 Å². The van der Waals surface area contributed by atoms with E-state index in [4.69, 9.17) is 0 Å². The maximum atomic E-state index is 12.7. The standard InChI is InChI=1S/C15H18F3NO3/c1-14(2,19-12(20)7-8-13(21)22-3)10-5-4-6-11(9-10)15(16,17)18/h4-6,9H,7-8H2,1-3H3,(H,19,20). The van der Waals surface area contributed by atoms with Gasteiger partial charge in [-0.3, -0.25) is 9.59 Å². The Bertz CT molecular complexity index is 553. The van der Waals surface area contributed by atoms with Gasteiger partial charge in [-0.1, -0.05) is 12.1 Å². The SMILES string of the molecule is COC(=O)CCC(=O)NC(C)(C)c1cccc(C(F)(F)F)c1. The van der Waals surface area contributed by atoms with Crippen LogP contribution in [0.2, 0.25) is 0 Å². The number of alkyl halides is 3. The lowest BCUT2D eigenvalue weighted by Crippen LogP contribution is -2.41. The van der Waals surface area contributed by atoms with Crippen LogP contribution in [0.5, 0.6) is 0 Å². The summed E-state index contributed by atoms with van der Waals surface area (Å²) >= 11 is 0. The second-order valence-corrected chi connectivity index (χ2v) is 5.33. The highest BCUT2D eigenvalue weighted by Crippen LogP contribution is 2.32. The van der Waals surface area contributed by atoms with E-state index in [1.807, 2.05) is 0 Å². The van der Waals surface area contributed by atoms with Gasteiger partial charge in [-0.05, 0) is 31.5 Å². The van der Waals surface area contributed by atoms with Crippen molar-refractivity contribution in [1.29, 1.82) is 0 Å². The Balaban J connectivity index is 2.81. The van der Waals surface area contributed by atoms with Crippen molar-refractivity contribution in [2.75, 3.05) is 7.11 Å². The number of hydrogen-bond acceptors (Lipinski definition) is 3.